The molecular formula is C35H35BrCl2F2N8O5. The number of benzene rings is 2. The number of nitrogens with two attached hydrogens (primary N) is 1. The Morgan fingerprint density at radius 2 is 1.70 bits per heavy atom. The SMILES string of the molecule is CC.CC(Oc1ccc2ncc(Br)n2n1)c1c(OCCN)ccc(F)c1Cl.CC1Oc2ccc3ncc(n3n2)C(=O)NCCOc2ccc(F)c(Cl)c21. The van der Waals surface area contributed by atoms with Gasteiger partial charge in [0.2, 0.25) is 11.8 Å². The number of carbonyl (C=O) groups excluding carboxylic acids is 1. The van der Waals surface area contributed by atoms with Crippen molar-refractivity contribution in [3.63, 3.8) is 0 Å². The highest BCUT2D eigenvalue weighted by Gasteiger charge is 2.24. The summed E-state index contributed by atoms with van der Waals surface area (Å²) in [5, 5.41) is 11.2. The van der Waals surface area contributed by atoms with Crippen LogP contribution < -0.4 is 30.0 Å². The van der Waals surface area contributed by atoms with Crippen molar-refractivity contribution in [2.24, 2.45) is 5.73 Å². The first-order chi connectivity index (χ1) is 25.5. The first-order valence-corrected chi connectivity index (χ1v) is 18.0. The van der Waals surface area contributed by atoms with Crippen molar-refractivity contribution in [2.45, 2.75) is 39.9 Å². The molecule has 0 aliphatic carbocycles. The fourth-order valence-electron chi connectivity index (χ4n) is 5.14. The predicted octanol–water partition coefficient (Wildman–Crippen LogP) is 7.57. The number of hydrogen-bond donors (Lipinski definition) is 2. The van der Waals surface area contributed by atoms with Crippen LogP contribution in [0.25, 0.3) is 11.3 Å². The summed E-state index contributed by atoms with van der Waals surface area (Å²) in [7, 11) is 0. The Hall–Kier alpha value is -4.77. The van der Waals surface area contributed by atoms with Gasteiger partial charge in [-0.15, -0.1) is 10.2 Å². The number of nitrogens with one attached hydrogen (secondary N) is 1. The van der Waals surface area contributed by atoms with Crippen LogP contribution in [0.3, 0.4) is 0 Å². The zero-order chi connectivity index (χ0) is 38.2. The molecule has 1 amide bonds. The molecule has 0 spiro atoms. The van der Waals surface area contributed by atoms with Crippen molar-refractivity contribution in [2.75, 3.05) is 26.3 Å². The van der Waals surface area contributed by atoms with E-state index in [9.17, 15) is 13.6 Å². The number of amides is 1. The number of halogens is 5. The van der Waals surface area contributed by atoms with Crippen LogP contribution in [0.2, 0.25) is 10.0 Å². The molecule has 5 heterocycles. The Bertz CT molecular complexity index is 2220. The van der Waals surface area contributed by atoms with Crippen molar-refractivity contribution >= 4 is 56.3 Å². The summed E-state index contributed by atoms with van der Waals surface area (Å²) in [6, 6.07) is 12.2. The van der Waals surface area contributed by atoms with E-state index >= 15 is 0 Å². The second-order valence-corrected chi connectivity index (χ2v) is 12.5. The van der Waals surface area contributed by atoms with E-state index in [4.69, 9.17) is 47.9 Å². The van der Waals surface area contributed by atoms with Crippen LogP contribution >= 0.6 is 39.1 Å². The van der Waals surface area contributed by atoms with E-state index in [0.29, 0.717) is 50.9 Å². The lowest BCUT2D eigenvalue weighted by Gasteiger charge is -2.19. The molecule has 53 heavy (non-hydrogen) atoms. The Morgan fingerprint density at radius 3 is 2.47 bits per heavy atom. The molecule has 6 aromatic rings. The van der Waals surface area contributed by atoms with Crippen molar-refractivity contribution in [1.29, 1.82) is 0 Å². The van der Waals surface area contributed by atoms with Crippen LogP contribution in [0, 0.1) is 11.6 Å². The number of nitrogens with zero attached hydrogens (tertiary/aromatic N) is 6. The van der Waals surface area contributed by atoms with Gasteiger partial charge in [0.15, 0.2) is 17.0 Å². The molecule has 13 nitrogen and oxygen atoms in total. The minimum absolute atomic E-state index is 0.0492. The van der Waals surface area contributed by atoms with E-state index in [0.717, 1.165) is 0 Å². The first-order valence-electron chi connectivity index (χ1n) is 16.4. The number of ether oxygens (including phenoxy) is 4. The van der Waals surface area contributed by atoms with Crippen LogP contribution in [-0.4, -0.2) is 61.4 Å². The van der Waals surface area contributed by atoms with Crippen LogP contribution in [0.1, 0.15) is 61.5 Å². The molecule has 0 saturated carbocycles. The molecule has 4 aromatic heterocycles. The van der Waals surface area contributed by atoms with E-state index in [1.165, 1.54) is 35.0 Å². The first kappa shape index (κ1) is 39.4. The third-order valence-corrected chi connectivity index (χ3v) is 8.79. The van der Waals surface area contributed by atoms with Gasteiger partial charge >= 0.3 is 0 Å². The molecule has 0 radical (unpaired) electrons. The average Bonchev–Trinajstić information content (AvgIpc) is 3.75. The number of aromatic nitrogens is 6. The molecule has 1 aliphatic rings. The van der Waals surface area contributed by atoms with E-state index < -0.39 is 23.8 Å². The van der Waals surface area contributed by atoms with Gasteiger partial charge in [0.1, 0.15) is 53.2 Å². The standard InChI is InChI=1S/C17H14ClFN4O3.C16H15BrClFN4O2.C2H6/c1-9-15-12(3-2-10(19)16(15)18)25-7-6-20-17(24)11-8-21-13-4-5-14(26-9)22-23(11)13;1-9(15-11(24-7-6-20)3-2-10(19)16(15)18)25-14-5-4-13-21-8-12(17)23(13)22-14;1-2/h2-5,8-9H,6-7H2,1H3,(H,20,24);2-5,8-9H,6-7,20H2,1H3;1-2H3. The second kappa shape index (κ2) is 17.8. The van der Waals surface area contributed by atoms with Gasteiger partial charge in [0, 0.05) is 18.7 Å². The van der Waals surface area contributed by atoms with Gasteiger partial charge in [-0.2, -0.15) is 0 Å². The van der Waals surface area contributed by atoms with Gasteiger partial charge in [0.25, 0.3) is 5.91 Å². The third-order valence-electron chi connectivity index (χ3n) is 7.48. The smallest absolute Gasteiger partial charge is 0.271 e. The molecule has 280 valence electrons. The number of hydrogen-bond acceptors (Lipinski definition) is 10. The lowest BCUT2D eigenvalue weighted by atomic mass is 10.1. The summed E-state index contributed by atoms with van der Waals surface area (Å²) in [5.41, 5.74) is 7.70. The number of fused-ring (bicyclic) bond motifs is 3. The Kier molecular flexibility index (Phi) is 13.3. The molecule has 2 aromatic carbocycles. The zero-order valence-corrected chi connectivity index (χ0v) is 32.0. The van der Waals surface area contributed by atoms with E-state index in [1.54, 1.807) is 48.8 Å². The summed E-state index contributed by atoms with van der Waals surface area (Å²) in [5.74, 6) is -0.0637. The molecule has 7 rings (SSSR count). The lowest BCUT2D eigenvalue weighted by Crippen LogP contribution is -2.29. The van der Waals surface area contributed by atoms with Crippen LogP contribution in [0.15, 0.2) is 65.5 Å². The number of imidazole rings is 2. The van der Waals surface area contributed by atoms with Crippen molar-refractivity contribution in [1.82, 2.24) is 34.5 Å². The maximum Gasteiger partial charge on any atom is 0.271 e. The highest BCUT2D eigenvalue weighted by atomic mass is 79.9. The topological polar surface area (TPSA) is 152 Å². The number of carbonyl (C=O) groups is 1. The molecule has 2 atom stereocenters. The Balaban J connectivity index is 0.000000196. The van der Waals surface area contributed by atoms with Gasteiger partial charge in [-0.05, 0) is 66.2 Å². The molecule has 3 N–H and O–H groups in total. The molecule has 18 heteroatoms. The van der Waals surface area contributed by atoms with E-state index in [-0.39, 0.29) is 47.3 Å². The molecule has 1 aliphatic heterocycles. The molecule has 0 saturated heterocycles. The zero-order valence-electron chi connectivity index (χ0n) is 28.9. The monoisotopic (exact) mass is 834 g/mol. The molecular weight excluding hydrogens is 801 g/mol. The van der Waals surface area contributed by atoms with Gasteiger partial charge in [-0.25, -0.2) is 27.8 Å². The molecule has 2 bridgehead atoms. The minimum atomic E-state index is -0.630. The second-order valence-electron chi connectivity index (χ2n) is 10.9. The van der Waals surface area contributed by atoms with E-state index in [1.807, 2.05) is 13.8 Å². The van der Waals surface area contributed by atoms with Gasteiger partial charge in [0.05, 0.1) is 40.1 Å². The average molecular weight is 837 g/mol. The maximum atomic E-state index is 13.9. The van der Waals surface area contributed by atoms with Crippen LogP contribution in [0.4, 0.5) is 8.78 Å². The summed E-state index contributed by atoms with van der Waals surface area (Å²) < 4.78 is 54.4. The van der Waals surface area contributed by atoms with Gasteiger partial charge in [-0.1, -0.05) is 37.0 Å². The summed E-state index contributed by atoms with van der Waals surface area (Å²) in [6.07, 6.45) is 1.85. The van der Waals surface area contributed by atoms with Crippen LogP contribution in [-0.2, 0) is 0 Å². The highest BCUT2D eigenvalue weighted by Crippen LogP contribution is 2.38. The summed E-state index contributed by atoms with van der Waals surface area (Å²) in [4.78, 5) is 20.6. The Labute approximate surface area is 321 Å². The van der Waals surface area contributed by atoms with Crippen molar-refractivity contribution in [3.8, 4) is 23.3 Å². The van der Waals surface area contributed by atoms with Gasteiger partial charge < -0.3 is 30.0 Å². The quantitative estimate of drug-likeness (QED) is 0.172. The fraction of sp³-hybridized carbons (Fsp3) is 0.286. The lowest BCUT2D eigenvalue weighted by molar-refractivity contribution is 0.0940. The normalized spacial score (nSPS) is 14.5. The fourth-order valence-corrected chi connectivity index (χ4v) is 6.12. The number of rotatable bonds is 6. The molecule has 0 fully saturated rings. The largest absolute Gasteiger partial charge is 0.492 e. The van der Waals surface area contributed by atoms with E-state index in [2.05, 4.69) is 41.4 Å². The Morgan fingerprint density at radius 1 is 1.00 bits per heavy atom. The molecule has 2 unspecified atom stereocenters. The van der Waals surface area contributed by atoms with Crippen molar-refractivity contribution in [3.05, 3.63) is 104 Å². The van der Waals surface area contributed by atoms with Crippen molar-refractivity contribution < 1.29 is 32.5 Å². The minimum Gasteiger partial charge on any atom is -0.492 e. The highest BCUT2D eigenvalue weighted by molar-refractivity contribution is 9.10. The summed E-state index contributed by atoms with van der Waals surface area (Å²) in [6.45, 7) is 8.50. The predicted molar refractivity (Wildman–Crippen MR) is 198 cm³/mol. The third kappa shape index (κ3) is 8.89. The van der Waals surface area contributed by atoms with Gasteiger partial charge in [-0.3, -0.25) is 4.79 Å². The summed E-state index contributed by atoms with van der Waals surface area (Å²) >= 11 is 15.6. The van der Waals surface area contributed by atoms with Crippen LogP contribution in [0.5, 0.6) is 23.3 Å². The maximum absolute atomic E-state index is 13.9.